The van der Waals surface area contributed by atoms with Crippen molar-refractivity contribution in [2.45, 2.75) is 10.9 Å². The highest BCUT2D eigenvalue weighted by Gasteiger charge is 2.15. The van der Waals surface area contributed by atoms with Gasteiger partial charge in [0.25, 0.3) is 0 Å². The number of hydrogen-bond donors (Lipinski definition) is 1. The number of nitriles is 2. The molecule has 0 fully saturated rings. The largest absolute Gasteiger partial charge is 0.332 e. The summed E-state index contributed by atoms with van der Waals surface area (Å²) in [4.78, 5) is 8.27. The second kappa shape index (κ2) is 8.48. The summed E-state index contributed by atoms with van der Waals surface area (Å²) >= 11 is 1.64. The molecular weight excluding hydrogens is 376 g/mol. The Labute approximate surface area is 173 Å². The van der Waals surface area contributed by atoms with Gasteiger partial charge in [0.15, 0.2) is 5.16 Å². The number of hydrogen-bond acceptors (Lipinski definition) is 4. The molecule has 0 spiro atoms. The smallest absolute Gasteiger partial charge is 0.166 e. The molecule has 29 heavy (non-hydrogen) atoms. The molecule has 1 aromatic heterocycles. The quantitative estimate of drug-likeness (QED) is 0.437. The molecule has 1 heterocycles. The molecule has 0 atom stereocenters. The summed E-state index contributed by atoms with van der Waals surface area (Å²) in [7, 11) is 0. The number of aromatic nitrogens is 2. The molecule has 4 nitrogen and oxygen atoms in total. The second-order valence-corrected chi connectivity index (χ2v) is 7.38. The fourth-order valence-corrected chi connectivity index (χ4v) is 3.80. The van der Waals surface area contributed by atoms with Gasteiger partial charge in [-0.25, -0.2) is 4.98 Å². The number of H-pyrrole nitrogens is 1. The van der Waals surface area contributed by atoms with Crippen LogP contribution in [0.4, 0.5) is 0 Å². The lowest BCUT2D eigenvalue weighted by Crippen LogP contribution is -1.85. The first-order chi connectivity index (χ1) is 14.3. The van der Waals surface area contributed by atoms with Gasteiger partial charge in [-0.05, 0) is 29.8 Å². The second-order valence-electron chi connectivity index (χ2n) is 6.42. The number of thioether (sulfide) groups is 1. The minimum absolute atomic E-state index is 0.614. The third-order valence-corrected chi connectivity index (χ3v) is 5.44. The van der Waals surface area contributed by atoms with E-state index in [1.54, 1.807) is 36.0 Å². The molecule has 3 aromatic carbocycles. The number of rotatable bonds is 5. The van der Waals surface area contributed by atoms with E-state index < -0.39 is 0 Å². The summed E-state index contributed by atoms with van der Waals surface area (Å²) in [6.45, 7) is 0. The van der Waals surface area contributed by atoms with E-state index in [-0.39, 0.29) is 0 Å². The lowest BCUT2D eigenvalue weighted by atomic mass is 10.0. The molecule has 0 aliphatic heterocycles. The average Bonchev–Trinajstić information content (AvgIpc) is 3.23. The van der Waals surface area contributed by atoms with Crippen LogP contribution in [0.5, 0.6) is 0 Å². The van der Waals surface area contributed by atoms with Crippen molar-refractivity contribution in [3.8, 4) is 34.7 Å². The lowest BCUT2D eigenvalue weighted by Gasteiger charge is -2.03. The van der Waals surface area contributed by atoms with Crippen molar-refractivity contribution in [3.05, 3.63) is 95.6 Å². The highest BCUT2D eigenvalue weighted by molar-refractivity contribution is 7.98. The summed E-state index contributed by atoms with van der Waals surface area (Å²) < 4.78 is 0. The zero-order chi connectivity index (χ0) is 20.1. The fraction of sp³-hybridized carbons (Fsp3) is 0.0417. The molecule has 1 N–H and O–H groups in total. The van der Waals surface area contributed by atoms with E-state index in [4.69, 9.17) is 15.5 Å². The molecule has 4 rings (SSSR count). The van der Waals surface area contributed by atoms with Gasteiger partial charge in [0.05, 0.1) is 34.7 Å². The normalized spacial score (nSPS) is 10.3. The maximum Gasteiger partial charge on any atom is 0.166 e. The van der Waals surface area contributed by atoms with E-state index in [1.165, 1.54) is 5.56 Å². The van der Waals surface area contributed by atoms with Gasteiger partial charge in [-0.2, -0.15) is 10.5 Å². The molecule has 138 valence electrons. The van der Waals surface area contributed by atoms with Gasteiger partial charge in [-0.1, -0.05) is 66.4 Å². The zero-order valence-corrected chi connectivity index (χ0v) is 16.3. The molecule has 0 aliphatic rings. The van der Waals surface area contributed by atoms with Crippen LogP contribution in [-0.4, -0.2) is 9.97 Å². The Balaban J connectivity index is 1.71. The number of aromatic amines is 1. The van der Waals surface area contributed by atoms with Crippen LogP contribution in [0.15, 0.2) is 84.0 Å². The van der Waals surface area contributed by atoms with Crippen molar-refractivity contribution in [1.29, 1.82) is 10.5 Å². The summed E-state index contributed by atoms with van der Waals surface area (Å²) in [5.74, 6) is 0.813. The van der Waals surface area contributed by atoms with E-state index in [2.05, 4.69) is 29.3 Å². The van der Waals surface area contributed by atoms with Crippen molar-refractivity contribution < 1.29 is 0 Å². The third-order valence-electron chi connectivity index (χ3n) is 4.49. The molecule has 0 amide bonds. The van der Waals surface area contributed by atoms with E-state index in [9.17, 15) is 0 Å². The minimum atomic E-state index is 0.614. The first-order valence-corrected chi connectivity index (χ1v) is 10.0. The monoisotopic (exact) mass is 392 g/mol. The van der Waals surface area contributed by atoms with Crippen LogP contribution in [0.3, 0.4) is 0 Å². The maximum absolute atomic E-state index is 9.06. The van der Waals surface area contributed by atoms with Gasteiger partial charge in [-0.15, -0.1) is 0 Å². The van der Waals surface area contributed by atoms with E-state index >= 15 is 0 Å². The van der Waals surface area contributed by atoms with Gasteiger partial charge in [0, 0.05) is 16.9 Å². The predicted octanol–water partition coefficient (Wildman–Crippen LogP) is 5.78. The van der Waals surface area contributed by atoms with Crippen molar-refractivity contribution >= 4 is 11.8 Å². The van der Waals surface area contributed by atoms with Gasteiger partial charge in [0.2, 0.25) is 0 Å². The fourth-order valence-electron chi connectivity index (χ4n) is 2.98. The van der Waals surface area contributed by atoms with E-state index in [0.29, 0.717) is 11.1 Å². The number of nitrogens with zero attached hydrogens (tertiary/aromatic N) is 3. The molecule has 4 aromatic rings. The first kappa shape index (κ1) is 18.6. The van der Waals surface area contributed by atoms with Gasteiger partial charge >= 0.3 is 0 Å². The van der Waals surface area contributed by atoms with Crippen LogP contribution in [0.25, 0.3) is 22.5 Å². The van der Waals surface area contributed by atoms with Crippen LogP contribution < -0.4 is 0 Å². The van der Waals surface area contributed by atoms with Crippen LogP contribution in [-0.2, 0) is 5.75 Å². The van der Waals surface area contributed by atoms with Crippen molar-refractivity contribution in [2.75, 3.05) is 0 Å². The molecule has 0 unspecified atom stereocenters. The Kier molecular flexibility index (Phi) is 5.42. The standard InChI is InChI=1S/C24H16N4S/c25-14-17-6-10-20(11-7-17)22-23(21-12-8-18(15-26)9-13-21)28-24(27-22)29-16-19-4-2-1-3-5-19/h1-13H,16H2,(H,27,28). The Morgan fingerprint density at radius 2 is 1.34 bits per heavy atom. The maximum atomic E-state index is 9.06. The SMILES string of the molecule is N#Cc1ccc(-c2nc(SCc3ccccc3)[nH]c2-c2ccc(C#N)cc2)cc1. The van der Waals surface area contributed by atoms with Gasteiger partial charge < -0.3 is 4.98 Å². The molecule has 0 radical (unpaired) electrons. The van der Waals surface area contributed by atoms with Crippen LogP contribution >= 0.6 is 11.8 Å². The lowest BCUT2D eigenvalue weighted by molar-refractivity contribution is 1.06. The van der Waals surface area contributed by atoms with Crippen molar-refractivity contribution in [3.63, 3.8) is 0 Å². The van der Waals surface area contributed by atoms with Crippen LogP contribution in [0, 0.1) is 22.7 Å². The highest BCUT2D eigenvalue weighted by atomic mass is 32.2. The Morgan fingerprint density at radius 3 is 1.93 bits per heavy atom. The third kappa shape index (κ3) is 4.21. The Bertz CT molecular complexity index is 1120. The Hall–Kier alpha value is -3.80. The zero-order valence-electron chi connectivity index (χ0n) is 15.5. The molecule has 0 bridgehead atoms. The molecule has 0 saturated carbocycles. The molecular formula is C24H16N4S. The van der Waals surface area contributed by atoms with E-state index in [0.717, 1.165) is 33.4 Å². The number of benzene rings is 3. The summed E-state index contributed by atoms with van der Waals surface area (Å²) in [5, 5.41) is 19.0. The van der Waals surface area contributed by atoms with Gasteiger partial charge in [-0.3, -0.25) is 0 Å². The minimum Gasteiger partial charge on any atom is -0.332 e. The first-order valence-electron chi connectivity index (χ1n) is 9.04. The molecule has 0 saturated heterocycles. The summed E-state index contributed by atoms with van der Waals surface area (Å²) in [5.41, 5.74) is 6.08. The van der Waals surface area contributed by atoms with Gasteiger partial charge in [0.1, 0.15) is 0 Å². The number of imidazole rings is 1. The highest BCUT2D eigenvalue weighted by Crippen LogP contribution is 2.33. The predicted molar refractivity (Wildman–Crippen MR) is 115 cm³/mol. The Morgan fingerprint density at radius 1 is 0.759 bits per heavy atom. The van der Waals surface area contributed by atoms with E-state index in [1.807, 2.05) is 42.5 Å². The summed E-state index contributed by atoms with van der Waals surface area (Å²) in [6, 6.07) is 29.4. The average molecular weight is 392 g/mol. The van der Waals surface area contributed by atoms with Crippen LogP contribution in [0.1, 0.15) is 16.7 Å². The van der Waals surface area contributed by atoms with Crippen LogP contribution in [0.2, 0.25) is 0 Å². The van der Waals surface area contributed by atoms with Crippen molar-refractivity contribution in [2.24, 2.45) is 0 Å². The molecule has 5 heteroatoms. The topological polar surface area (TPSA) is 76.3 Å². The number of nitrogens with one attached hydrogen (secondary N) is 1. The van der Waals surface area contributed by atoms with Crippen molar-refractivity contribution in [1.82, 2.24) is 9.97 Å². The molecule has 0 aliphatic carbocycles. The summed E-state index contributed by atoms with van der Waals surface area (Å²) in [6.07, 6.45) is 0.